The first-order chi connectivity index (χ1) is 11.3. The topological polar surface area (TPSA) is 61.5 Å². The van der Waals surface area contributed by atoms with Crippen molar-refractivity contribution in [1.29, 1.82) is 0 Å². The van der Waals surface area contributed by atoms with E-state index < -0.39 is 6.04 Å². The molecule has 0 amide bonds. The van der Waals surface area contributed by atoms with Gasteiger partial charge in [-0.3, -0.25) is 4.79 Å². The van der Waals surface area contributed by atoms with Crippen LogP contribution >= 0.6 is 0 Å². The zero-order valence-electron chi connectivity index (χ0n) is 15.7. The largest absolute Gasteiger partial charge is 0.459 e. The molecule has 0 fully saturated rings. The monoisotopic (exact) mass is 335 g/mol. The van der Waals surface area contributed by atoms with Gasteiger partial charge in [0.15, 0.2) is 0 Å². The number of rotatable bonds is 10. The molecule has 1 rings (SSSR count). The van der Waals surface area contributed by atoms with E-state index >= 15 is 0 Å². The smallest absolute Gasteiger partial charge is 0.322 e. The number of benzene rings is 1. The van der Waals surface area contributed by atoms with Gasteiger partial charge in [-0.15, -0.1) is 0 Å². The molecule has 2 unspecified atom stereocenters. The lowest BCUT2D eigenvalue weighted by atomic mass is 9.89. The maximum Gasteiger partial charge on any atom is 0.322 e. The Bertz CT molecular complexity index is 473. The predicted molar refractivity (Wildman–Crippen MR) is 97.7 cm³/mol. The minimum Gasteiger partial charge on any atom is -0.459 e. The average molecular weight is 335 g/mol. The van der Waals surface area contributed by atoms with Gasteiger partial charge < -0.3 is 15.2 Å². The van der Waals surface area contributed by atoms with Gasteiger partial charge in [0.1, 0.15) is 12.1 Å². The van der Waals surface area contributed by atoms with Crippen molar-refractivity contribution in [1.82, 2.24) is 0 Å². The molecule has 0 heterocycles. The van der Waals surface area contributed by atoms with Crippen molar-refractivity contribution in [2.45, 2.75) is 65.7 Å². The Hall–Kier alpha value is -1.39. The summed E-state index contributed by atoms with van der Waals surface area (Å²) in [5.74, 6) is 0.329. The van der Waals surface area contributed by atoms with Crippen LogP contribution < -0.4 is 5.73 Å². The summed E-state index contributed by atoms with van der Waals surface area (Å²) in [6.45, 7) is 10.6. The second-order valence-corrected chi connectivity index (χ2v) is 6.98. The summed E-state index contributed by atoms with van der Waals surface area (Å²) < 4.78 is 11.7. The molecule has 0 saturated carbocycles. The van der Waals surface area contributed by atoms with Gasteiger partial charge in [0.2, 0.25) is 0 Å². The molecule has 0 aliphatic rings. The van der Waals surface area contributed by atoms with Crippen LogP contribution in [0.3, 0.4) is 0 Å². The predicted octanol–water partition coefficient (Wildman–Crippen LogP) is 3.58. The van der Waals surface area contributed by atoms with Crippen LogP contribution in [0.1, 0.15) is 46.6 Å². The van der Waals surface area contributed by atoms with Crippen LogP contribution in [0.4, 0.5) is 0 Å². The van der Waals surface area contributed by atoms with Gasteiger partial charge in [0.25, 0.3) is 0 Å². The van der Waals surface area contributed by atoms with E-state index in [1.54, 1.807) is 6.92 Å². The Morgan fingerprint density at radius 2 is 1.75 bits per heavy atom. The number of nitrogens with two attached hydrogens (primary N) is 1. The Labute approximate surface area is 146 Å². The summed E-state index contributed by atoms with van der Waals surface area (Å²) in [7, 11) is 0. The Balaban J connectivity index is 2.85. The van der Waals surface area contributed by atoms with Gasteiger partial charge in [0.05, 0.1) is 6.10 Å². The van der Waals surface area contributed by atoms with E-state index in [1.807, 2.05) is 25.1 Å². The van der Waals surface area contributed by atoms with Gasteiger partial charge in [-0.25, -0.2) is 0 Å². The van der Waals surface area contributed by atoms with Crippen molar-refractivity contribution in [3.05, 3.63) is 35.9 Å². The molecule has 0 aromatic heterocycles. The minimum atomic E-state index is -0.618. The molecular formula is C20H33NO3. The third-order valence-corrected chi connectivity index (χ3v) is 4.09. The summed E-state index contributed by atoms with van der Waals surface area (Å²) in [6, 6.07) is 9.75. The lowest BCUT2D eigenvalue weighted by molar-refractivity contribution is -0.161. The number of carbonyl (C=O) groups excluding carboxylic acids is 1. The van der Waals surface area contributed by atoms with E-state index in [2.05, 4.69) is 32.9 Å². The molecule has 4 atom stereocenters. The number of hydrogen-bond donors (Lipinski definition) is 1. The molecule has 0 saturated heterocycles. The second-order valence-electron chi connectivity index (χ2n) is 6.98. The molecule has 1 aromatic carbocycles. The van der Waals surface area contributed by atoms with Crippen LogP contribution in [0.15, 0.2) is 30.3 Å². The standard InChI is InChI=1S/C20H33NO3/c1-6-18(12-17-10-8-7-9-11-17)19(23-13-14(2)3)16(5)24-20(22)15(4)21/h7-11,14-16,18-19H,6,12-13,21H2,1-5H3/t15?,16-,18+,19?/m0/s1. The summed E-state index contributed by atoms with van der Waals surface area (Å²) in [4.78, 5) is 11.9. The van der Waals surface area contributed by atoms with E-state index in [4.69, 9.17) is 15.2 Å². The fourth-order valence-electron chi connectivity index (χ4n) is 2.73. The van der Waals surface area contributed by atoms with Crippen molar-refractivity contribution >= 4 is 5.97 Å². The highest BCUT2D eigenvalue weighted by Gasteiger charge is 2.30. The number of esters is 1. The first-order valence-corrected chi connectivity index (χ1v) is 8.96. The molecule has 136 valence electrons. The van der Waals surface area contributed by atoms with Crippen LogP contribution in [0.2, 0.25) is 0 Å². The molecule has 0 radical (unpaired) electrons. The minimum absolute atomic E-state index is 0.139. The summed E-state index contributed by atoms with van der Waals surface area (Å²) >= 11 is 0. The zero-order valence-corrected chi connectivity index (χ0v) is 15.7. The Morgan fingerprint density at radius 3 is 2.25 bits per heavy atom. The van der Waals surface area contributed by atoms with Crippen LogP contribution in [0.5, 0.6) is 0 Å². The normalized spacial score (nSPS) is 16.5. The number of carbonyl (C=O) groups is 1. The fraction of sp³-hybridized carbons (Fsp3) is 0.650. The molecule has 0 spiro atoms. The maximum absolute atomic E-state index is 11.9. The van der Waals surface area contributed by atoms with Gasteiger partial charge in [-0.2, -0.15) is 0 Å². The fourth-order valence-corrected chi connectivity index (χ4v) is 2.73. The molecule has 0 aliphatic carbocycles. The quantitative estimate of drug-likeness (QED) is 0.664. The highest BCUT2D eigenvalue weighted by atomic mass is 16.6. The van der Waals surface area contributed by atoms with E-state index in [1.165, 1.54) is 5.56 Å². The third-order valence-electron chi connectivity index (χ3n) is 4.09. The van der Waals surface area contributed by atoms with Crippen molar-refractivity contribution in [2.75, 3.05) is 6.61 Å². The molecular weight excluding hydrogens is 302 g/mol. The SMILES string of the molecule is CC[C@H](Cc1ccccc1)C(OCC(C)C)[C@H](C)OC(=O)C(C)N. The van der Waals surface area contributed by atoms with Crippen molar-refractivity contribution in [2.24, 2.45) is 17.6 Å². The first-order valence-electron chi connectivity index (χ1n) is 8.96. The lowest BCUT2D eigenvalue weighted by Crippen LogP contribution is -2.41. The van der Waals surface area contributed by atoms with Crippen LogP contribution in [-0.4, -0.2) is 30.8 Å². The average Bonchev–Trinajstić information content (AvgIpc) is 2.54. The van der Waals surface area contributed by atoms with Gasteiger partial charge in [-0.1, -0.05) is 57.5 Å². The molecule has 24 heavy (non-hydrogen) atoms. The molecule has 4 nitrogen and oxygen atoms in total. The van der Waals surface area contributed by atoms with Crippen LogP contribution in [0, 0.1) is 11.8 Å². The Morgan fingerprint density at radius 1 is 1.12 bits per heavy atom. The molecule has 2 N–H and O–H groups in total. The molecule has 4 heteroatoms. The summed E-state index contributed by atoms with van der Waals surface area (Å²) in [6.07, 6.45) is 1.40. The number of ether oxygens (including phenoxy) is 2. The van der Waals surface area contributed by atoms with Crippen LogP contribution in [-0.2, 0) is 20.7 Å². The van der Waals surface area contributed by atoms with Crippen molar-refractivity contribution in [3.63, 3.8) is 0 Å². The lowest BCUT2D eigenvalue weighted by Gasteiger charge is -2.32. The molecule has 0 aliphatic heterocycles. The first kappa shape index (κ1) is 20.7. The molecule has 0 bridgehead atoms. The van der Waals surface area contributed by atoms with Gasteiger partial charge in [0, 0.05) is 6.61 Å². The van der Waals surface area contributed by atoms with Crippen LogP contribution in [0.25, 0.3) is 0 Å². The van der Waals surface area contributed by atoms with E-state index in [9.17, 15) is 4.79 Å². The maximum atomic E-state index is 11.9. The second kappa shape index (κ2) is 10.5. The molecule has 1 aromatic rings. The highest BCUT2D eigenvalue weighted by molar-refractivity contribution is 5.75. The van der Waals surface area contributed by atoms with E-state index in [0.29, 0.717) is 12.5 Å². The van der Waals surface area contributed by atoms with Crippen molar-refractivity contribution < 1.29 is 14.3 Å². The van der Waals surface area contributed by atoms with Gasteiger partial charge >= 0.3 is 5.97 Å². The third kappa shape index (κ3) is 7.02. The van der Waals surface area contributed by atoms with E-state index in [0.717, 1.165) is 12.8 Å². The van der Waals surface area contributed by atoms with E-state index in [-0.39, 0.29) is 24.1 Å². The van der Waals surface area contributed by atoms with Crippen molar-refractivity contribution in [3.8, 4) is 0 Å². The summed E-state index contributed by atoms with van der Waals surface area (Å²) in [5.41, 5.74) is 6.89. The van der Waals surface area contributed by atoms with Gasteiger partial charge in [-0.05, 0) is 37.7 Å². The zero-order chi connectivity index (χ0) is 18.1. The number of hydrogen-bond acceptors (Lipinski definition) is 4. The Kier molecular flexibility index (Phi) is 9.01. The summed E-state index contributed by atoms with van der Waals surface area (Å²) in [5, 5.41) is 0. The highest BCUT2D eigenvalue weighted by Crippen LogP contribution is 2.23.